The second kappa shape index (κ2) is 4.16. The molecule has 0 spiro atoms. The van der Waals surface area contributed by atoms with Crippen molar-refractivity contribution in [1.82, 2.24) is 4.72 Å². The Labute approximate surface area is 88.3 Å². The van der Waals surface area contributed by atoms with Gasteiger partial charge in [0.15, 0.2) is 0 Å². The summed E-state index contributed by atoms with van der Waals surface area (Å²) in [5, 5.41) is 0. The van der Waals surface area contributed by atoms with Gasteiger partial charge >= 0.3 is 0 Å². The first-order valence-electron chi connectivity index (χ1n) is 4.40. The van der Waals surface area contributed by atoms with Gasteiger partial charge in [0.1, 0.15) is 10.7 Å². The van der Waals surface area contributed by atoms with E-state index in [4.69, 9.17) is 5.73 Å². The molecule has 1 aromatic carbocycles. The predicted molar refractivity (Wildman–Crippen MR) is 56.3 cm³/mol. The molecule has 0 aliphatic rings. The van der Waals surface area contributed by atoms with Crippen molar-refractivity contribution in [2.75, 3.05) is 5.73 Å². The van der Waals surface area contributed by atoms with Gasteiger partial charge in [-0.25, -0.2) is 17.5 Å². The highest BCUT2D eigenvalue weighted by Crippen LogP contribution is 2.17. The Morgan fingerprint density at radius 2 is 2.00 bits per heavy atom. The average Bonchev–Trinajstić information content (AvgIpc) is 1.99. The van der Waals surface area contributed by atoms with Crippen LogP contribution in [0.2, 0.25) is 0 Å². The summed E-state index contributed by atoms with van der Waals surface area (Å²) in [4.78, 5) is -0.384. The summed E-state index contributed by atoms with van der Waals surface area (Å²) >= 11 is 0. The second-order valence-corrected chi connectivity index (χ2v) is 5.15. The van der Waals surface area contributed by atoms with E-state index in [1.54, 1.807) is 13.8 Å². The molecule has 0 saturated heterocycles. The molecule has 1 aromatic rings. The molecule has 3 N–H and O–H groups in total. The summed E-state index contributed by atoms with van der Waals surface area (Å²) in [6, 6.07) is 3.19. The number of halogens is 1. The lowest BCUT2D eigenvalue weighted by atomic mass is 10.3. The summed E-state index contributed by atoms with van der Waals surface area (Å²) in [6.07, 6.45) is 0. The smallest absolute Gasteiger partial charge is 0.243 e. The van der Waals surface area contributed by atoms with Gasteiger partial charge in [0.2, 0.25) is 10.0 Å². The molecule has 0 aliphatic carbocycles. The molecular formula is C9H13FN2O2S. The van der Waals surface area contributed by atoms with E-state index in [0.717, 1.165) is 12.1 Å². The Balaban J connectivity index is 3.16. The van der Waals surface area contributed by atoms with Crippen LogP contribution in [0.25, 0.3) is 0 Å². The van der Waals surface area contributed by atoms with Crippen LogP contribution in [-0.2, 0) is 10.0 Å². The van der Waals surface area contributed by atoms with Crippen molar-refractivity contribution in [1.29, 1.82) is 0 Å². The molecule has 0 bridgehead atoms. The van der Waals surface area contributed by atoms with E-state index in [-0.39, 0.29) is 16.6 Å². The monoisotopic (exact) mass is 232 g/mol. The van der Waals surface area contributed by atoms with Crippen molar-refractivity contribution in [3.05, 3.63) is 24.0 Å². The number of hydrogen-bond acceptors (Lipinski definition) is 3. The van der Waals surface area contributed by atoms with Crippen LogP contribution in [0.15, 0.2) is 23.1 Å². The van der Waals surface area contributed by atoms with E-state index in [1.807, 2.05) is 0 Å². The quantitative estimate of drug-likeness (QED) is 0.766. The molecule has 84 valence electrons. The number of nitrogens with two attached hydrogens (primary N) is 1. The van der Waals surface area contributed by atoms with Crippen molar-refractivity contribution < 1.29 is 12.8 Å². The third-order valence-corrected chi connectivity index (χ3v) is 3.33. The summed E-state index contributed by atoms with van der Waals surface area (Å²) in [7, 11) is -3.79. The van der Waals surface area contributed by atoms with Crippen LogP contribution in [0.5, 0.6) is 0 Å². The molecule has 1 rings (SSSR count). The van der Waals surface area contributed by atoms with Gasteiger partial charge < -0.3 is 5.73 Å². The minimum absolute atomic E-state index is 0.191. The van der Waals surface area contributed by atoms with Crippen LogP contribution in [0, 0.1) is 5.82 Å². The fourth-order valence-electron chi connectivity index (χ4n) is 1.11. The number of anilines is 1. The lowest BCUT2D eigenvalue weighted by Gasteiger charge is -2.10. The fourth-order valence-corrected chi connectivity index (χ4v) is 2.42. The van der Waals surface area contributed by atoms with Gasteiger partial charge in [-0.1, -0.05) is 0 Å². The van der Waals surface area contributed by atoms with Crippen LogP contribution >= 0.6 is 0 Å². The van der Waals surface area contributed by atoms with Crippen LogP contribution in [0.1, 0.15) is 13.8 Å². The molecule has 4 nitrogen and oxygen atoms in total. The first kappa shape index (κ1) is 11.9. The van der Waals surface area contributed by atoms with Crippen molar-refractivity contribution in [3.8, 4) is 0 Å². The number of hydrogen-bond donors (Lipinski definition) is 2. The van der Waals surface area contributed by atoms with Gasteiger partial charge in [0, 0.05) is 11.7 Å². The van der Waals surface area contributed by atoms with E-state index in [0.29, 0.717) is 0 Å². The molecule has 0 radical (unpaired) electrons. The van der Waals surface area contributed by atoms with Gasteiger partial charge in [-0.2, -0.15) is 0 Å². The molecule has 0 unspecified atom stereocenters. The minimum atomic E-state index is -3.79. The predicted octanol–water partition coefficient (Wildman–Crippen LogP) is 1.09. The van der Waals surface area contributed by atoms with Gasteiger partial charge in [-0.05, 0) is 32.0 Å². The average molecular weight is 232 g/mol. The van der Waals surface area contributed by atoms with Gasteiger partial charge in [0.25, 0.3) is 0 Å². The minimum Gasteiger partial charge on any atom is -0.399 e. The van der Waals surface area contributed by atoms with Crippen molar-refractivity contribution in [2.24, 2.45) is 0 Å². The van der Waals surface area contributed by atoms with Crippen molar-refractivity contribution >= 4 is 15.7 Å². The topological polar surface area (TPSA) is 72.2 Å². The van der Waals surface area contributed by atoms with Gasteiger partial charge in [0.05, 0.1) is 0 Å². The van der Waals surface area contributed by atoms with E-state index in [1.165, 1.54) is 6.07 Å². The zero-order valence-corrected chi connectivity index (χ0v) is 9.31. The fraction of sp³-hybridized carbons (Fsp3) is 0.333. The molecular weight excluding hydrogens is 219 g/mol. The number of nitrogens with one attached hydrogen (secondary N) is 1. The summed E-state index contributed by atoms with van der Waals surface area (Å²) in [5.41, 5.74) is 5.51. The maximum Gasteiger partial charge on any atom is 0.243 e. The van der Waals surface area contributed by atoms with Crippen LogP contribution in [0.3, 0.4) is 0 Å². The highest BCUT2D eigenvalue weighted by molar-refractivity contribution is 7.89. The number of benzene rings is 1. The zero-order valence-electron chi connectivity index (χ0n) is 8.49. The molecule has 0 aromatic heterocycles. The summed E-state index contributed by atoms with van der Waals surface area (Å²) in [5.74, 6) is -0.844. The Morgan fingerprint density at radius 3 is 2.47 bits per heavy atom. The molecule has 0 aliphatic heterocycles. The second-order valence-electron chi connectivity index (χ2n) is 3.47. The van der Waals surface area contributed by atoms with Crippen LogP contribution < -0.4 is 10.5 Å². The van der Waals surface area contributed by atoms with E-state index in [9.17, 15) is 12.8 Å². The highest BCUT2D eigenvalue weighted by Gasteiger charge is 2.19. The van der Waals surface area contributed by atoms with E-state index >= 15 is 0 Å². The maximum atomic E-state index is 13.3. The Morgan fingerprint density at radius 1 is 1.40 bits per heavy atom. The number of sulfonamides is 1. The zero-order chi connectivity index (χ0) is 11.6. The molecule has 0 saturated carbocycles. The lowest BCUT2D eigenvalue weighted by Crippen LogP contribution is -2.30. The standard InChI is InChI=1S/C9H13FN2O2S/c1-6(2)12-15(13,14)9-4-3-7(11)5-8(9)10/h3-6,12H,11H2,1-2H3. The Bertz CT molecular complexity index is 457. The Kier molecular flexibility index (Phi) is 3.31. The third kappa shape index (κ3) is 2.90. The Hall–Kier alpha value is -1.14. The van der Waals surface area contributed by atoms with Crippen molar-refractivity contribution in [3.63, 3.8) is 0 Å². The number of nitrogen functional groups attached to an aromatic ring is 1. The van der Waals surface area contributed by atoms with Crippen LogP contribution in [-0.4, -0.2) is 14.5 Å². The largest absolute Gasteiger partial charge is 0.399 e. The molecule has 0 atom stereocenters. The number of rotatable bonds is 3. The summed E-state index contributed by atoms with van der Waals surface area (Å²) in [6.45, 7) is 3.32. The molecule has 0 fully saturated rings. The summed E-state index contributed by atoms with van der Waals surface area (Å²) < 4.78 is 38.7. The lowest BCUT2D eigenvalue weighted by molar-refractivity contribution is 0.549. The van der Waals surface area contributed by atoms with Crippen molar-refractivity contribution in [2.45, 2.75) is 24.8 Å². The van der Waals surface area contributed by atoms with Gasteiger partial charge in [-0.3, -0.25) is 0 Å². The molecule has 15 heavy (non-hydrogen) atoms. The van der Waals surface area contributed by atoms with Gasteiger partial charge in [-0.15, -0.1) is 0 Å². The third-order valence-electron chi connectivity index (χ3n) is 1.64. The van der Waals surface area contributed by atoms with Crippen LogP contribution in [0.4, 0.5) is 10.1 Å². The first-order chi connectivity index (χ1) is 6.83. The molecule has 0 heterocycles. The SMILES string of the molecule is CC(C)NS(=O)(=O)c1ccc(N)cc1F. The highest BCUT2D eigenvalue weighted by atomic mass is 32.2. The first-order valence-corrected chi connectivity index (χ1v) is 5.88. The molecule has 6 heteroatoms. The maximum absolute atomic E-state index is 13.3. The van der Waals surface area contributed by atoms with E-state index in [2.05, 4.69) is 4.72 Å². The normalized spacial score (nSPS) is 12.0. The van der Waals surface area contributed by atoms with E-state index < -0.39 is 15.8 Å². The molecule has 0 amide bonds.